The molecule has 0 atom stereocenters. The van der Waals surface area contributed by atoms with E-state index in [0.29, 0.717) is 11.6 Å². The van der Waals surface area contributed by atoms with Gasteiger partial charge >= 0.3 is 6.18 Å². The zero-order valence-corrected chi connectivity index (χ0v) is 17.5. The quantitative estimate of drug-likeness (QED) is 0.593. The van der Waals surface area contributed by atoms with Crippen LogP contribution in [-0.2, 0) is 11.6 Å². The van der Waals surface area contributed by atoms with Crippen molar-refractivity contribution >= 4 is 11.6 Å². The number of benzene rings is 1. The van der Waals surface area contributed by atoms with E-state index >= 15 is 0 Å². The Kier molecular flexibility index (Phi) is 5.84. The molecule has 2 aromatic rings. The highest BCUT2D eigenvalue weighted by molar-refractivity contribution is 6.05. The number of anilines is 1. The van der Waals surface area contributed by atoms with Gasteiger partial charge in [-0.25, -0.2) is 0 Å². The van der Waals surface area contributed by atoms with Gasteiger partial charge in [-0.05, 0) is 44.0 Å². The molecule has 1 fully saturated rings. The molecule has 1 aromatic heterocycles. The van der Waals surface area contributed by atoms with Crippen molar-refractivity contribution in [2.75, 3.05) is 5.32 Å². The van der Waals surface area contributed by atoms with Crippen LogP contribution in [0.15, 0.2) is 30.3 Å². The van der Waals surface area contributed by atoms with Crippen molar-refractivity contribution in [2.45, 2.75) is 77.4 Å². The van der Waals surface area contributed by atoms with E-state index in [1.165, 1.54) is 31.4 Å². The van der Waals surface area contributed by atoms with Crippen LogP contribution in [0.25, 0.3) is 0 Å². The van der Waals surface area contributed by atoms with E-state index in [-0.39, 0.29) is 17.0 Å². The minimum Gasteiger partial charge on any atom is -0.345 e. The molecule has 1 heterocycles. The second kappa shape index (κ2) is 7.88. The second-order valence-electron chi connectivity index (χ2n) is 8.97. The van der Waals surface area contributed by atoms with Gasteiger partial charge in [-0.2, -0.15) is 13.2 Å². The molecule has 1 N–H and O–H groups in total. The largest absolute Gasteiger partial charge is 0.416 e. The number of nitrogens with zero attached hydrogens (tertiary/aromatic N) is 1. The third-order valence-electron chi connectivity index (χ3n) is 5.69. The maximum Gasteiger partial charge on any atom is 0.416 e. The van der Waals surface area contributed by atoms with Gasteiger partial charge in [-0.3, -0.25) is 4.79 Å². The minimum absolute atomic E-state index is 0.142. The summed E-state index contributed by atoms with van der Waals surface area (Å²) in [6.45, 7) is 8.30. The first-order valence-electron chi connectivity index (χ1n) is 10.2. The Morgan fingerprint density at radius 1 is 1.07 bits per heavy atom. The van der Waals surface area contributed by atoms with Crippen molar-refractivity contribution < 1.29 is 18.0 Å². The Labute approximate surface area is 170 Å². The summed E-state index contributed by atoms with van der Waals surface area (Å²) in [5.74, 6) is -0.373. The molecule has 158 valence electrons. The molecule has 1 aliphatic rings. The van der Waals surface area contributed by atoms with E-state index in [9.17, 15) is 18.0 Å². The van der Waals surface area contributed by atoms with E-state index in [1.54, 1.807) is 0 Å². The first-order valence-corrected chi connectivity index (χ1v) is 10.2. The highest BCUT2D eigenvalue weighted by Crippen LogP contribution is 2.37. The van der Waals surface area contributed by atoms with Gasteiger partial charge in [-0.15, -0.1) is 0 Å². The topological polar surface area (TPSA) is 34.0 Å². The third kappa shape index (κ3) is 4.68. The molecule has 1 amide bonds. The number of carbonyl (C=O) groups excluding carboxylic acids is 1. The fraction of sp³-hybridized carbons (Fsp3) is 0.522. The molecule has 1 aromatic carbocycles. The van der Waals surface area contributed by atoms with Gasteiger partial charge in [0.05, 0.1) is 11.1 Å². The standard InChI is InChI=1S/C23H29F3N2O/c1-15-19(21(29)27-17-10-8-9-16(13-17)23(24,25)26)14-20(22(2,3)4)28(15)18-11-6-5-7-12-18/h8-10,13-14,18H,5-7,11-12H2,1-4H3,(H,27,29). The van der Waals surface area contributed by atoms with Gasteiger partial charge in [0.25, 0.3) is 5.91 Å². The number of amides is 1. The summed E-state index contributed by atoms with van der Waals surface area (Å²) in [5.41, 5.74) is 1.73. The maximum absolute atomic E-state index is 13.0. The number of hydrogen-bond acceptors (Lipinski definition) is 1. The number of carbonyl (C=O) groups is 1. The van der Waals surface area contributed by atoms with Gasteiger partial charge in [0.1, 0.15) is 0 Å². The number of halogens is 3. The fourth-order valence-corrected chi connectivity index (χ4v) is 4.21. The van der Waals surface area contributed by atoms with Crippen LogP contribution in [0, 0.1) is 6.92 Å². The molecule has 0 radical (unpaired) electrons. The minimum atomic E-state index is -4.44. The van der Waals surface area contributed by atoms with Crippen molar-refractivity contribution in [1.29, 1.82) is 0 Å². The predicted molar refractivity (Wildman–Crippen MR) is 109 cm³/mol. The van der Waals surface area contributed by atoms with Gasteiger partial charge in [-0.1, -0.05) is 46.1 Å². The molecular formula is C23H29F3N2O. The molecule has 3 rings (SSSR count). The first-order chi connectivity index (χ1) is 13.5. The lowest BCUT2D eigenvalue weighted by atomic mass is 9.89. The van der Waals surface area contributed by atoms with Gasteiger partial charge < -0.3 is 9.88 Å². The lowest BCUT2D eigenvalue weighted by Crippen LogP contribution is -2.23. The van der Waals surface area contributed by atoms with Gasteiger partial charge in [0.15, 0.2) is 0 Å². The van der Waals surface area contributed by atoms with E-state index in [1.807, 2.05) is 13.0 Å². The average Bonchev–Trinajstić information content (AvgIpc) is 3.00. The second-order valence-corrected chi connectivity index (χ2v) is 8.97. The van der Waals surface area contributed by atoms with Crippen LogP contribution >= 0.6 is 0 Å². The van der Waals surface area contributed by atoms with Crippen molar-refractivity contribution in [3.8, 4) is 0 Å². The van der Waals surface area contributed by atoms with Crippen molar-refractivity contribution in [2.24, 2.45) is 0 Å². The summed E-state index contributed by atoms with van der Waals surface area (Å²) in [6.07, 6.45) is 1.33. The summed E-state index contributed by atoms with van der Waals surface area (Å²) >= 11 is 0. The van der Waals surface area contributed by atoms with Gasteiger partial charge in [0.2, 0.25) is 0 Å². The number of alkyl halides is 3. The molecular weight excluding hydrogens is 377 g/mol. The van der Waals surface area contributed by atoms with E-state index in [0.717, 1.165) is 36.4 Å². The number of aromatic nitrogens is 1. The number of nitrogens with one attached hydrogen (secondary N) is 1. The summed E-state index contributed by atoms with van der Waals surface area (Å²) in [5, 5.41) is 2.65. The smallest absolute Gasteiger partial charge is 0.345 e. The molecule has 0 unspecified atom stereocenters. The molecule has 0 bridgehead atoms. The Morgan fingerprint density at radius 2 is 1.72 bits per heavy atom. The Balaban J connectivity index is 1.94. The van der Waals surface area contributed by atoms with Crippen LogP contribution < -0.4 is 5.32 Å². The summed E-state index contributed by atoms with van der Waals surface area (Å²) < 4.78 is 41.2. The fourth-order valence-electron chi connectivity index (χ4n) is 4.21. The maximum atomic E-state index is 13.0. The summed E-state index contributed by atoms with van der Waals surface area (Å²) in [7, 11) is 0. The third-order valence-corrected chi connectivity index (χ3v) is 5.69. The zero-order valence-electron chi connectivity index (χ0n) is 17.5. The molecule has 1 saturated carbocycles. The molecule has 0 spiro atoms. The van der Waals surface area contributed by atoms with Crippen molar-refractivity contribution in [3.05, 3.63) is 52.8 Å². The number of hydrogen-bond donors (Lipinski definition) is 1. The molecule has 3 nitrogen and oxygen atoms in total. The summed E-state index contributed by atoms with van der Waals surface area (Å²) in [4.78, 5) is 13.0. The monoisotopic (exact) mass is 406 g/mol. The van der Waals surface area contributed by atoms with Crippen LogP contribution in [0.3, 0.4) is 0 Å². The van der Waals surface area contributed by atoms with Crippen LogP contribution in [-0.4, -0.2) is 10.5 Å². The van der Waals surface area contributed by atoms with Crippen molar-refractivity contribution in [3.63, 3.8) is 0 Å². The van der Waals surface area contributed by atoms with Crippen LogP contribution in [0.2, 0.25) is 0 Å². The zero-order chi connectivity index (χ0) is 21.4. The number of rotatable bonds is 3. The molecule has 0 saturated heterocycles. The molecule has 29 heavy (non-hydrogen) atoms. The predicted octanol–water partition coefficient (Wildman–Crippen LogP) is 6.87. The average molecular weight is 406 g/mol. The summed E-state index contributed by atoms with van der Waals surface area (Å²) in [6, 6.07) is 7.03. The van der Waals surface area contributed by atoms with E-state index in [2.05, 4.69) is 30.7 Å². The molecule has 1 aliphatic carbocycles. The van der Waals surface area contributed by atoms with Crippen LogP contribution in [0.1, 0.15) is 86.2 Å². The Morgan fingerprint density at radius 3 is 2.31 bits per heavy atom. The lowest BCUT2D eigenvalue weighted by molar-refractivity contribution is -0.137. The van der Waals surface area contributed by atoms with Crippen molar-refractivity contribution in [1.82, 2.24) is 4.57 Å². The van der Waals surface area contributed by atoms with Gasteiger partial charge in [0, 0.05) is 28.5 Å². The van der Waals surface area contributed by atoms with E-state index < -0.39 is 11.7 Å². The normalized spacial score (nSPS) is 16.1. The van der Waals surface area contributed by atoms with E-state index in [4.69, 9.17) is 0 Å². The Bertz CT molecular complexity index is 885. The highest BCUT2D eigenvalue weighted by Gasteiger charge is 2.31. The first kappa shape index (κ1) is 21.5. The molecule has 0 aliphatic heterocycles. The van der Waals surface area contributed by atoms with Crippen LogP contribution in [0.5, 0.6) is 0 Å². The highest BCUT2D eigenvalue weighted by atomic mass is 19.4. The Hall–Kier alpha value is -2.24. The lowest BCUT2D eigenvalue weighted by Gasteiger charge is -2.31. The van der Waals surface area contributed by atoms with Crippen LogP contribution in [0.4, 0.5) is 18.9 Å². The SMILES string of the molecule is Cc1c(C(=O)Nc2cccc(C(F)(F)F)c2)cc(C(C)(C)C)n1C1CCCCC1. The molecule has 6 heteroatoms.